The minimum atomic E-state index is -2.31. The molecule has 14 atom stereocenters. The number of rotatable bonds is 23. The number of aromatic nitrogens is 1. The highest BCUT2D eigenvalue weighted by Gasteiger charge is 2.44. The number of carboxylic acid groups (broad SMARTS) is 1. The fourth-order valence-corrected chi connectivity index (χ4v) is 15.0. The molecule has 9 rings (SSSR count). The average molecular weight is 1770 g/mol. The molecule has 5 aromatic rings. The first-order chi connectivity index (χ1) is 60.1. The van der Waals surface area contributed by atoms with E-state index in [4.69, 9.17) is 15.2 Å². The third-order valence-corrected chi connectivity index (χ3v) is 21.8. The zero-order chi connectivity index (χ0) is 91.4. The fourth-order valence-electron chi connectivity index (χ4n) is 14.5. The summed E-state index contributed by atoms with van der Waals surface area (Å²) in [7, 11) is 0. The first-order valence-corrected chi connectivity index (χ1v) is 42.2. The van der Waals surface area contributed by atoms with Gasteiger partial charge in [-0.3, -0.25) is 86.3 Å². The van der Waals surface area contributed by atoms with Crippen LogP contribution in [0.4, 0.5) is 0 Å². The molecule has 4 saturated heterocycles. The number of aromatic amines is 1. The Hall–Kier alpha value is -13.9. The van der Waals surface area contributed by atoms with Gasteiger partial charge in [-0.15, -0.1) is 0 Å². The SMILES string of the molecule is CSCC[C@@H]1NC(=O)[C@@H](NC(=O)[C@@H](CC(N)=O)NC(=O)CNC(=O)[C@H](Cc2ccc(O)cc2)NC(C)=O)[C@@H](C)OC(=O)C[C@@H]2NC(=O)[C@H]3COC(=O)CC[C@@H](NC(=O)[C@@H](Cc4c[nH]c5ccccc45)NC2=O)C(=O)N[C@@H](C(=O)N[C@H](Cc2ccc(O)cc2)C(=O)O)CCC(=O)NCCCC[C@@H](NC1=O)C(=O)N[C@@H](Cc1ccc(O)cc1)C(=O)N1CCC[C@H]1C(=O)N3. The normalized spacial score (nSPS) is 23.4. The number of benzene rings is 4. The second kappa shape index (κ2) is 46.0. The van der Waals surface area contributed by atoms with Gasteiger partial charge in [0.2, 0.25) is 94.5 Å². The molecule has 0 saturated carbocycles. The first kappa shape index (κ1) is 95.9. The molecule has 21 N–H and O–H groups in total. The van der Waals surface area contributed by atoms with Crippen molar-refractivity contribution in [1.82, 2.24) is 84.3 Å². The molecule has 0 unspecified atom stereocenters. The summed E-state index contributed by atoms with van der Waals surface area (Å²) in [6.07, 6.45) is -6.15. The predicted octanol–water partition coefficient (Wildman–Crippen LogP) is -4.03. The molecular formula is C83H103N17O25S. The van der Waals surface area contributed by atoms with Crippen LogP contribution in [0.2, 0.25) is 0 Å². The number of para-hydroxylation sites is 1. The van der Waals surface area contributed by atoms with Crippen molar-refractivity contribution in [2.24, 2.45) is 5.73 Å². The van der Waals surface area contributed by atoms with Crippen molar-refractivity contribution in [1.29, 1.82) is 0 Å². The summed E-state index contributed by atoms with van der Waals surface area (Å²) in [4.78, 5) is 281. The van der Waals surface area contributed by atoms with Crippen molar-refractivity contribution >= 4 is 135 Å². The molecule has 4 bridgehead atoms. The number of H-pyrrole nitrogens is 1. The van der Waals surface area contributed by atoms with E-state index in [1.54, 1.807) is 30.5 Å². The largest absolute Gasteiger partial charge is 0.508 e. The molecule has 1 aromatic heterocycles. The number of nitrogens with zero attached hydrogens (tertiary/aromatic N) is 1. The van der Waals surface area contributed by atoms with Gasteiger partial charge in [0.1, 0.15) is 109 Å². The van der Waals surface area contributed by atoms with Gasteiger partial charge in [-0.05, 0) is 135 Å². The fraction of sp³-hybridized carbons (Fsp3) is 0.458. The lowest BCUT2D eigenvalue weighted by molar-refractivity contribution is -0.154. The number of aromatic hydroxyl groups is 3. The van der Waals surface area contributed by atoms with Crippen LogP contribution < -0.4 is 80.2 Å². The van der Waals surface area contributed by atoms with E-state index in [0.717, 1.165) is 18.7 Å². The number of nitrogens with one attached hydrogen (secondary N) is 15. The molecule has 42 nitrogen and oxygen atoms in total. The number of carboxylic acids is 1. The maximum Gasteiger partial charge on any atom is 0.326 e. The molecule has 5 heterocycles. The van der Waals surface area contributed by atoms with Gasteiger partial charge in [0.25, 0.3) is 0 Å². The summed E-state index contributed by atoms with van der Waals surface area (Å²) in [5, 5.41) is 75.8. The summed E-state index contributed by atoms with van der Waals surface area (Å²) in [6, 6.07) is -1.08. The third kappa shape index (κ3) is 28.6. The number of thioether (sulfide) groups is 1. The van der Waals surface area contributed by atoms with Gasteiger partial charge in [0.05, 0.1) is 19.4 Å². The monoisotopic (exact) mass is 1770 g/mol. The van der Waals surface area contributed by atoms with E-state index >= 15 is 47.9 Å². The Morgan fingerprint density at radius 1 is 0.571 bits per heavy atom. The highest BCUT2D eigenvalue weighted by Crippen LogP contribution is 2.25. The second-order valence-electron chi connectivity index (χ2n) is 30.8. The van der Waals surface area contributed by atoms with E-state index in [1.807, 2.05) is 0 Å². The number of carbonyl (C=O) groups excluding carboxylic acids is 18. The number of carbonyl (C=O) groups is 19. The van der Waals surface area contributed by atoms with Crippen LogP contribution in [0.3, 0.4) is 0 Å². The number of aliphatic carboxylic acids is 1. The van der Waals surface area contributed by atoms with Crippen molar-refractivity contribution in [3.05, 3.63) is 126 Å². The topological polar surface area (TPSA) is 637 Å². The zero-order valence-electron chi connectivity index (χ0n) is 69.0. The molecule has 676 valence electrons. The van der Waals surface area contributed by atoms with Gasteiger partial charge in [0.15, 0.2) is 0 Å². The van der Waals surface area contributed by atoms with E-state index in [9.17, 15) is 63.6 Å². The van der Waals surface area contributed by atoms with Crippen LogP contribution in [0, 0.1) is 0 Å². The predicted molar refractivity (Wildman–Crippen MR) is 445 cm³/mol. The van der Waals surface area contributed by atoms with Gasteiger partial charge in [0, 0.05) is 75.6 Å². The number of amides is 16. The highest BCUT2D eigenvalue weighted by atomic mass is 32.2. The summed E-state index contributed by atoms with van der Waals surface area (Å²) >= 11 is 1.17. The van der Waals surface area contributed by atoms with Crippen molar-refractivity contribution in [3.63, 3.8) is 0 Å². The lowest BCUT2D eigenvalue weighted by Crippen LogP contribution is -2.62. The number of hydrogen-bond donors (Lipinski definition) is 20. The van der Waals surface area contributed by atoms with Gasteiger partial charge in [-0.2, -0.15) is 11.8 Å². The Balaban J connectivity index is 1.17. The van der Waals surface area contributed by atoms with Crippen LogP contribution in [0.15, 0.2) is 103 Å². The molecule has 126 heavy (non-hydrogen) atoms. The number of cyclic esters (lactones) is 1. The van der Waals surface area contributed by atoms with Crippen molar-refractivity contribution in [3.8, 4) is 17.2 Å². The summed E-state index contributed by atoms with van der Waals surface area (Å²) in [5.74, 6) is -22.9. The lowest BCUT2D eigenvalue weighted by atomic mass is 10.0. The van der Waals surface area contributed by atoms with Gasteiger partial charge in [-0.25, -0.2) is 4.79 Å². The van der Waals surface area contributed by atoms with Crippen LogP contribution in [0.25, 0.3) is 10.9 Å². The standard InChI is InChI=1S/C83H103N17O25S/c1-42-70(99-78(117)59(37-65(84)105)89-67(107)40-87-71(110)57(88-43(2)101)33-44-13-19-48(102)20-14-44)81(120)93-56(29-32-126-3)75(114)90-53-11-6-7-30-85-66(106)27-25-54(74(113)97-62(83(122)123)35-46-17-23-50(104)24-18-46)91-73(112)55-26-28-68(108)124-41-63(98-80(119)64-12-8-31-100(64)82(121)61(96-72(53)111)34-45-15-21-49(103)22-16-45)79(118)95-60(38-69(109)125-42)77(116)94-58(76(115)92-55)36-47-39-86-52-10-5-4-9-51(47)52/h4-5,9-10,13-24,39,42,53-64,70,86,102-104H,6-8,11-12,25-38,40-41H2,1-3H3,(H2,84,105)(H,85,106)(H,87,110)(H,88,101)(H,89,107)(H,90,114)(H,91,112)(H,92,115)(H,93,120)(H,94,116)(H,95,118)(H,96,111)(H,97,113)(H,98,119)(H,99,117)(H,122,123)/t42-,53-,54-,55-,56+,57+,58-,59-,60+,61+,62-,63-,64+,70+/m1/s1. The van der Waals surface area contributed by atoms with E-state index < -0.39 is 255 Å². The second-order valence-corrected chi connectivity index (χ2v) is 31.8. The summed E-state index contributed by atoms with van der Waals surface area (Å²) in [5.41, 5.74) is 7.58. The number of esters is 2. The Morgan fingerprint density at radius 2 is 1.16 bits per heavy atom. The Kier molecular flexibility index (Phi) is 35.0. The molecule has 0 spiro atoms. The van der Waals surface area contributed by atoms with Gasteiger partial charge < -0.3 is 120 Å². The number of ether oxygens (including phenoxy) is 2. The van der Waals surface area contributed by atoms with Crippen molar-refractivity contribution in [2.45, 2.75) is 201 Å². The van der Waals surface area contributed by atoms with E-state index in [-0.39, 0.29) is 93.9 Å². The zero-order valence-corrected chi connectivity index (χ0v) is 69.9. The number of hydrogen-bond acceptors (Lipinski definition) is 25. The first-order valence-electron chi connectivity index (χ1n) is 40.8. The van der Waals surface area contributed by atoms with Crippen LogP contribution in [-0.2, 0) is 126 Å². The number of nitrogens with two attached hydrogens (primary N) is 1. The molecule has 4 fully saturated rings. The highest BCUT2D eigenvalue weighted by molar-refractivity contribution is 7.98. The van der Waals surface area contributed by atoms with Crippen LogP contribution in [-0.4, -0.2) is 266 Å². The van der Waals surface area contributed by atoms with Crippen molar-refractivity contribution < 1.29 is 121 Å². The lowest BCUT2D eigenvalue weighted by Gasteiger charge is -2.31. The number of fused-ring (bicyclic) bond motifs is 13. The third-order valence-electron chi connectivity index (χ3n) is 21.2. The van der Waals surface area contributed by atoms with Crippen LogP contribution in [0.1, 0.15) is 113 Å². The van der Waals surface area contributed by atoms with Crippen LogP contribution >= 0.6 is 11.8 Å². The minimum Gasteiger partial charge on any atom is -0.508 e. The molecule has 4 aliphatic heterocycles. The molecule has 43 heteroatoms. The maximum atomic E-state index is 15.6. The molecule has 0 aliphatic carbocycles. The quantitative estimate of drug-likeness (QED) is 0.0277. The smallest absolute Gasteiger partial charge is 0.326 e. The van der Waals surface area contributed by atoms with Gasteiger partial charge >= 0.3 is 17.9 Å². The maximum absolute atomic E-state index is 15.6. The van der Waals surface area contributed by atoms with E-state index in [1.165, 1.54) is 90.8 Å². The number of phenolic OH excluding ortho intramolecular Hbond substituents is 3. The minimum absolute atomic E-state index is 0.00697. The summed E-state index contributed by atoms with van der Waals surface area (Å²) < 4.78 is 11.5. The Morgan fingerprint density at radius 3 is 1.81 bits per heavy atom. The number of primary amides is 1. The number of phenols is 3. The van der Waals surface area contributed by atoms with Crippen molar-refractivity contribution in [2.75, 3.05) is 38.2 Å². The Bertz CT molecular complexity index is 4860. The molecule has 4 aromatic carbocycles. The molecule has 0 radical (unpaired) electrons. The molecule has 4 aliphatic rings. The molecular weight excluding hydrogens is 1670 g/mol. The van der Waals surface area contributed by atoms with E-state index in [2.05, 4.69) is 79.4 Å². The Labute approximate surface area is 725 Å². The van der Waals surface area contributed by atoms with E-state index in [0.29, 0.717) is 33.2 Å². The van der Waals surface area contributed by atoms with Gasteiger partial charge in [-0.1, -0.05) is 54.6 Å². The average Bonchev–Trinajstić information content (AvgIpc) is 1.67. The van der Waals surface area contributed by atoms with Crippen LogP contribution in [0.5, 0.6) is 17.2 Å². The molecule has 16 amide bonds. The summed E-state index contributed by atoms with van der Waals surface area (Å²) in [6.45, 7) is -0.305.